The van der Waals surface area contributed by atoms with E-state index in [1.807, 2.05) is 24.4 Å². The van der Waals surface area contributed by atoms with Crippen molar-refractivity contribution in [2.24, 2.45) is 0 Å². The first kappa shape index (κ1) is 22.7. The van der Waals surface area contributed by atoms with Crippen molar-refractivity contribution in [2.75, 3.05) is 20.2 Å². The van der Waals surface area contributed by atoms with Crippen LogP contribution in [0.15, 0.2) is 24.4 Å². The molecule has 0 aliphatic carbocycles. The molecule has 1 aromatic carbocycles. The number of nitrogens with one attached hydrogen (secondary N) is 3. The molecule has 4 amide bonds. The Kier molecular flexibility index (Phi) is 7.92. The zero-order valence-corrected chi connectivity index (χ0v) is 18.3. The van der Waals surface area contributed by atoms with Gasteiger partial charge in [-0.1, -0.05) is 26.2 Å². The van der Waals surface area contributed by atoms with Gasteiger partial charge >= 0.3 is 6.03 Å². The van der Waals surface area contributed by atoms with Gasteiger partial charge in [0.15, 0.2) is 0 Å². The fourth-order valence-electron chi connectivity index (χ4n) is 3.85. The van der Waals surface area contributed by atoms with Gasteiger partial charge in [-0.3, -0.25) is 14.5 Å². The van der Waals surface area contributed by atoms with Crippen molar-refractivity contribution in [1.29, 1.82) is 0 Å². The lowest BCUT2D eigenvalue weighted by atomic mass is 10.1. The second-order valence-corrected chi connectivity index (χ2v) is 7.92. The van der Waals surface area contributed by atoms with E-state index in [2.05, 4.69) is 22.5 Å². The number of ether oxygens (including phenoxy) is 1. The first-order valence-electron chi connectivity index (χ1n) is 11.1. The number of aromatic amines is 1. The van der Waals surface area contributed by atoms with E-state index in [1.165, 1.54) is 11.3 Å². The third kappa shape index (κ3) is 5.77. The van der Waals surface area contributed by atoms with Gasteiger partial charge in [0, 0.05) is 36.6 Å². The average Bonchev–Trinajstić information content (AvgIpc) is 3.30. The molecule has 8 nitrogen and oxygen atoms in total. The average molecular weight is 429 g/mol. The van der Waals surface area contributed by atoms with Crippen molar-refractivity contribution in [1.82, 2.24) is 20.5 Å². The predicted octanol–water partition coefficient (Wildman–Crippen LogP) is 3.12. The molecule has 2 aromatic rings. The van der Waals surface area contributed by atoms with Crippen LogP contribution in [0.4, 0.5) is 4.79 Å². The van der Waals surface area contributed by atoms with Crippen LogP contribution in [0.2, 0.25) is 0 Å². The van der Waals surface area contributed by atoms with E-state index in [0.717, 1.165) is 41.5 Å². The number of fused-ring (bicyclic) bond motifs is 1. The van der Waals surface area contributed by atoms with Crippen LogP contribution in [0.3, 0.4) is 0 Å². The highest BCUT2D eigenvalue weighted by molar-refractivity contribution is 6.04. The van der Waals surface area contributed by atoms with Crippen LogP contribution in [-0.2, 0) is 16.0 Å². The first-order valence-corrected chi connectivity index (χ1v) is 11.1. The Labute approximate surface area is 182 Å². The molecule has 2 heterocycles. The van der Waals surface area contributed by atoms with Gasteiger partial charge in [-0.05, 0) is 43.0 Å². The number of aromatic nitrogens is 1. The lowest BCUT2D eigenvalue weighted by molar-refractivity contribution is -0.127. The van der Waals surface area contributed by atoms with Gasteiger partial charge in [-0.25, -0.2) is 4.79 Å². The van der Waals surface area contributed by atoms with E-state index in [9.17, 15) is 14.4 Å². The van der Waals surface area contributed by atoms with Crippen molar-refractivity contribution in [3.8, 4) is 5.75 Å². The highest BCUT2D eigenvalue weighted by atomic mass is 16.5. The van der Waals surface area contributed by atoms with Crippen LogP contribution < -0.4 is 15.4 Å². The number of imide groups is 1. The van der Waals surface area contributed by atoms with Gasteiger partial charge in [0.05, 0.1) is 7.11 Å². The monoisotopic (exact) mass is 428 g/mol. The lowest BCUT2D eigenvalue weighted by Crippen LogP contribution is -2.34. The summed E-state index contributed by atoms with van der Waals surface area (Å²) < 4.78 is 5.29. The molecule has 3 rings (SSSR count). The molecule has 3 N–H and O–H groups in total. The highest BCUT2D eigenvalue weighted by Gasteiger charge is 2.37. The molecule has 168 valence electrons. The number of methoxy groups -OCH3 is 1. The third-order valence-corrected chi connectivity index (χ3v) is 5.70. The van der Waals surface area contributed by atoms with Gasteiger partial charge in [-0.15, -0.1) is 0 Å². The molecule has 1 aliphatic heterocycles. The first-order chi connectivity index (χ1) is 15.0. The van der Waals surface area contributed by atoms with E-state index in [4.69, 9.17) is 4.74 Å². The van der Waals surface area contributed by atoms with E-state index in [0.29, 0.717) is 19.4 Å². The molecule has 1 aromatic heterocycles. The minimum atomic E-state index is -0.638. The summed E-state index contributed by atoms with van der Waals surface area (Å²) in [6.07, 6.45) is 7.36. The molecule has 0 spiro atoms. The number of nitrogens with zero attached hydrogens (tertiary/aromatic N) is 1. The van der Waals surface area contributed by atoms with E-state index in [-0.39, 0.29) is 24.8 Å². The Balaban J connectivity index is 1.47. The second-order valence-electron chi connectivity index (χ2n) is 7.92. The quantitative estimate of drug-likeness (QED) is 0.357. The zero-order valence-electron chi connectivity index (χ0n) is 18.3. The number of hydrogen-bond donors (Lipinski definition) is 3. The van der Waals surface area contributed by atoms with Crippen LogP contribution in [0, 0.1) is 0 Å². The van der Waals surface area contributed by atoms with Gasteiger partial charge in [0.25, 0.3) is 5.91 Å². The number of amides is 4. The largest absolute Gasteiger partial charge is 0.497 e. The van der Waals surface area contributed by atoms with Gasteiger partial charge < -0.3 is 20.4 Å². The minimum absolute atomic E-state index is 0.0789. The minimum Gasteiger partial charge on any atom is -0.497 e. The molecule has 1 atom stereocenters. The summed E-state index contributed by atoms with van der Waals surface area (Å²) in [5.41, 5.74) is 1.99. The summed E-state index contributed by atoms with van der Waals surface area (Å²) in [5, 5.41) is 6.60. The molecule has 1 unspecified atom stereocenters. The molecule has 31 heavy (non-hydrogen) atoms. The van der Waals surface area contributed by atoms with Crippen LogP contribution in [-0.4, -0.2) is 54.0 Å². The standard InChI is InChI=1S/C23H32N4O4/c1-3-4-5-6-12-24-21(28)10-9-20-22(29)27(23(30)26-20)13-11-16-15-25-19-8-7-17(31-2)14-18(16)19/h7-8,14-15,20,25H,3-6,9-13H2,1-2H3,(H,24,28)(H,26,30). The Morgan fingerprint density at radius 2 is 2.06 bits per heavy atom. The molecular formula is C23H32N4O4. The maximum absolute atomic E-state index is 12.7. The Morgan fingerprint density at radius 1 is 1.23 bits per heavy atom. The second kappa shape index (κ2) is 10.8. The zero-order chi connectivity index (χ0) is 22.2. The SMILES string of the molecule is CCCCCCNC(=O)CCC1NC(=O)N(CCc2c[nH]c3ccc(OC)cc23)C1=O. The predicted molar refractivity (Wildman–Crippen MR) is 119 cm³/mol. The lowest BCUT2D eigenvalue weighted by Gasteiger charge is -2.13. The summed E-state index contributed by atoms with van der Waals surface area (Å²) in [6.45, 7) is 3.09. The Hall–Kier alpha value is -3.03. The summed E-state index contributed by atoms with van der Waals surface area (Å²) in [5.74, 6) is 0.412. The number of rotatable bonds is 12. The number of urea groups is 1. The van der Waals surface area contributed by atoms with Gasteiger partial charge in [-0.2, -0.15) is 0 Å². The molecule has 0 bridgehead atoms. The smallest absolute Gasteiger partial charge is 0.324 e. The van der Waals surface area contributed by atoms with Crippen LogP contribution in [0.5, 0.6) is 5.75 Å². The number of benzene rings is 1. The summed E-state index contributed by atoms with van der Waals surface area (Å²) in [7, 11) is 1.62. The van der Waals surface area contributed by atoms with Crippen molar-refractivity contribution in [2.45, 2.75) is 57.9 Å². The normalized spacial score (nSPS) is 16.1. The fraction of sp³-hybridized carbons (Fsp3) is 0.522. The molecule has 0 radical (unpaired) electrons. The highest BCUT2D eigenvalue weighted by Crippen LogP contribution is 2.24. The van der Waals surface area contributed by atoms with Crippen molar-refractivity contribution < 1.29 is 19.1 Å². The number of carbonyl (C=O) groups is 3. The van der Waals surface area contributed by atoms with Crippen LogP contribution >= 0.6 is 0 Å². The molecule has 1 fully saturated rings. The molecule has 8 heteroatoms. The van der Waals surface area contributed by atoms with Crippen molar-refractivity contribution in [3.05, 3.63) is 30.0 Å². The van der Waals surface area contributed by atoms with Gasteiger partial charge in [0.1, 0.15) is 11.8 Å². The maximum atomic E-state index is 12.7. The van der Waals surface area contributed by atoms with E-state index >= 15 is 0 Å². The number of hydrogen-bond acceptors (Lipinski definition) is 4. The summed E-state index contributed by atoms with van der Waals surface area (Å²) in [6, 6.07) is 4.73. The Bertz CT molecular complexity index is 923. The number of carbonyl (C=O) groups excluding carboxylic acids is 3. The summed E-state index contributed by atoms with van der Waals surface area (Å²) in [4.78, 5) is 41.4. The number of unbranched alkanes of at least 4 members (excludes halogenated alkanes) is 3. The molecule has 0 saturated carbocycles. The van der Waals surface area contributed by atoms with Gasteiger partial charge in [0.2, 0.25) is 5.91 Å². The Morgan fingerprint density at radius 3 is 2.84 bits per heavy atom. The molecule has 1 saturated heterocycles. The van der Waals surface area contributed by atoms with E-state index in [1.54, 1.807) is 7.11 Å². The van der Waals surface area contributed by atoms with Crippen molar-refractivity contribution >= 4 is 28.7 Å². The van der Waals surface area contributed by atoms with Crippen LogP contribution in [0.1, 0.15) is 51.0 Å². The number of H-pyrrole nitrogens is 1. The fourth-order valence-corrected chi connectivity index (χ4v) is 3.85. The van der Waals surface area contributed by atoms with Crippen molar-refractivity contribution in [3.63, 3.8) is 0 Å². The summed E-state index contributed by atoms with van der Waals surface area (Å²) >= 11 is 0. The molecular weight excluding hydrogens is 396 g/mol. The van der Waals surface area contributed by atoms with Crippen LogP contribution in [0.25, 0.3) is 10.9 Å². The topological polar surface area (TPSA) is 104 Å². The van der Waals surface area contributed by atoms with E-state index < -0.39 is 12.1 Å². The maximum Gasteiger partial charge on any atom is 0.324 e. The molecule has 1 aliphatic rings. The third-order valence-electron chi connectivity index (χ3n) is 5.70.